The molecule has 2 aromatic carbocycles. The van der Waals surface area contributed by atoms with E-state index in [2.05, 4.69) is 16.0 Å². The molecule has 3 rings (SSSR count). The van der Waals surface area contributed by atoms with Gasteiger partial charge in [0.1, 0.15) is 12.2 Å². The number of amides is 4. The largest absolute Gasteiger partial charge is 0.490 e. The van der Waals surface area contributed by atoms with Crippen LogP contribution in [0.3, 0.4) is 0 Å². The Morgan fingerprint density at radius 3 is 2.45 bits per heavy atom. The number of carbonyl (C=O) groups is 4. The number of nitrogens with one attached hydrogen (secondary N) is 1. The number of imide groups is 2. The van der Waals surface area contributed by atoms with Crippen LogP contribution in [0.25, 0.3) is 6.08 Å². The van der Waals surface area contributed by atoms with Crippen molar-refractivity contribution in [1.82, 2.24) is 5.32 Å². The van der Waals surface area contributed by atoms with Crippen LogP contribution in [-0.4, -0.2) is 44.1 Å². The Bertz CT molecular complexity index is 1180. The molecule has 0 spiro atoms. The minimum Gasteiger partial charge on any atom is -0.490 e. The molecule has 1 fully saturated rings. The van der Waals surface area contributed by atoms with Crippen LogP contribution in [0, 0.1) is 12.3 Å². The zero-order valence-corrected chi connectivity index (χ0v) is 17.9. The molecule has 0 saturated carbocycles. The number of esters is 1. The normalized spacial score (nSPS) is 14.5. The van der Waals surface area contributed by atoms with Gasteiger partial charge in [-0.1, -0.05) is 12.0 Å². The third kappa shape index (κ3) is 5.02. The molecule has 1 N–H and O–H groups in total. The molecule has 0 bridgehead atoms. The van der Waals surface area contributed by atoms with E-state index in [1.54, 1.807) is 25.1 Å². The van der Waals surface area contributed by atoms with Crippen molar-refractivity contribution in [2.75, 3.05) is 25.2 Å². The van der Waals surface area contributed by atoms with Crippen molar-refractivity contribution in [1.29, 1.82) is 0 Å². The second-order valence-corrected chi connectivity index (χ2v) is 6.63. The fourth-order valence-corrected chi connectivity index (χ4v) is 3.04. The number of benzene rings is 2. The number of barbiturate groups is 1. The lowest BCUT2D eigenvalue weighted by Gasteiger charge is -2.26. The lowest BCUT2D eigenvalue weighted by atomic mass is 10.1. The van der Waals surface area contributed by atoms with Gasteiger partial charge < -0.3 is 14.2 Å². The Labute approximate surface area is 189 Å². The second kappa shape index (κ2) is 10.2. The van der Waals surface area contributed by atoms with Gasteiger partial charge in [-0.2, -0.15) is 0 Å². The summed E-state index contributed by atoms with van der Waals surface area (Å²) in [6, 6.07) is 9.54. The van der Waals surface area contributed by atoms with Crippen molar-refractivity contribution in [3.8, 4) is 23.8 Å². The highest BCUT2D eigenvalue weighted by molar-refractivity contribution is 6.39. The smallest absolute Gasteiger partial charge is 0.337 e. The van der Waals surface area contributed by atoms with Gasteiger partial charge in [0.05, 0.1) is 25.0 Å². The molecule has 33 heavy (non-hydrogen) atoms. The van der Waals surface area contributed by atoms with Crippen LogP contribution in [0.2, 0.25) is 0 Å². The molecule has 0 aliphatic carbocycles. The predicted octanol–water partition coefficient (Wildman–Crippen LogP) is 2.55. The van der Waals surface area contributed by atoms with Gasteiger partial charge in [0.15, 0.2) is 11.5 Å². The maximum atomic E-state index is 13.1. The van der Waals surface area contributed by atoms with Crippen molar-refractivity contribution in [2.45, 2.75) is 6.92 Å². The average Bonchev–Trinajstić information content (AvgIpc) is 2.81. The lowest BCUT2D eigenvalue weighted by Crippen LogP contribution is -2.54. The molecule has 0 unspecified atom stereocenters. The van der Waals surface area contributed by atoms with E-state index in [-0.39, 0.29) is 23.4 Å². The Balaban J connectivity index is 1.94. The summed E-state index contributed by atoms with van der Waals surface area (Å²) in [5.41, 5.74) is 0.636. The summed E-state index contributed by atoms with van der Waals surface area (Å²) in [7, 11) is 1.24. The summed E-state index contributed by atoms with van der Waals surface area (Å²) < 4.78 is 15.6. The standard InChI is InChI=1S/C24H20N2O7/c1-4-12-33-19-11-6-15(14-20(19)32-5-2)13-18-21(27)25-24(30)26(22(18)28)17-9-7-16(8-10-17)23(29)31-3/h1,6-11,13-14H,5,12H2,2-3H3,(H,25,27,30)/b18-13+. The highest BCUT2D eigenvalue weighted by Gasteiger charge is 2.36. The average molecular weight is 448 g/mol. The van der Waals surface area contributed by atoms with Crippen LogP contribution in [0.4, 0.5) is 10.5 Å². The van der Waals surface area contributed by atoms with E-state index in [0.717, 1.165) is 4.90 Å². The fraction of sp³-hybridized carbons (Fsp3) is 0.167. The Hall–Kier alpha value is -4.58. The number of carbonyl (C=O) groups excluding carboxylic acids is 4. The Morgan fingerprint density at radius 1 is 1.09 bits per heavy atom. The molecule has 1 heterocycles. The molecule has 0 atom stereocenters. The molecule has 1 saturated heterocycles. The van der Waals surface area contributed by atoms with Crippen molar-refractivity contribution in [2.24, 2.45) is 0 Å². The number of rotatable bonds is 7. The maximum absolute atomic E-state index is 13.1. The summed E-state index contributed by atoms with van der Waals surface area (Å²) in [6.07, 6.45) is 6.57. The molecular formula is C24H20N2O7. The van der Waals surface area contributed by atoms with Crippen LogP contribution in [-0.2, 0) is 14.3 Å². The summed E-state index contributed by atoms with van der Waals surface area (Å²) in [6.45, 7) is 2.20. The molecule has 0 aromatic heterocycles. The maximum Gasteiger partial charge on any atom is 0.337 e. The van der Waals surface area contributed by atoms with E-state index in [1.165, 1.54) is 37.5 Å². The van der Waals surface area contributed by atoms with Gasteiger partial charge in [-0.3, -0.25) is 14.9 Å². The van der Waals surface area contributed by atoms with Gasteiger partial charge in [-0.05, 0) is 55.0 Å². The van der Waals surface area contributed by atoms with Gasteiger partial charge in [-0.15, -0.1) is 6.42 Å². The van der Waals surface area contributed by atoms with E-state index >= 15 is 0 Å². The molecule has 9 heteroatoms. The lowest BCUT2D eigenvalue weighted by molar-refractivity contribution is -0.122. The quantitative estimate of drug-likeness (QED) is 0.300. The SMILES string of the molecule is C#CCOc1ccc(/C=C2\C(=O)NC(=O)N(c3ccc(C(=O)OC)cc3)C2=O)cc1OCC. The van der Waals surface area contributed by atoms with Crippen molar-refractivity contribution in [3.63, 3.8) is 0 Å². The van der Waals surface area contributed by atoms with Crippen LogP contribution < -0.4 is 19.7 Å². The van der Waals surface area contributed by atoms with Gasteiger partial charge in [0.2, 0.25) is 0 Å². The van der Waals surface area contributed by atoms with Crippen LogP contribution in [0.5, 0.6) is 11.5 Å². The highest BCUT2D eigenvalue weighted by Crippen LogP contribution is 2.30. The fourth-order valence-electron chi connectivity index (χ4n) is 3.04. The first-order valence-electron chi connectivity index (χ1n) is 9.82. The number of nitrogens with zero attached hydrogens (tertiary/aromatic N) is 1. The Morgan fingerprint density at radius 2 is 1.82 bits per heavy atom. The number of terminal acetylenes is 1. The molecule has 168 valence electrons. The predicted molar refractivity (Wildman–Crippen MR) is 119 cm³/mol. The molecular weight excluding hydrogens is 428 g/mol. The minimum atomic E-state index is -0.902. The molecule has 1 aliphatic heterocycles. The zero-order chi connectivity index (χ0) is 24.0. The summed E-state index contributed by atoms with van der Waals surface area (Å²) in [4.78, 5) is 50.3. The number of anilines is 1. The van der Waals surface area contributed by atoms with Crippen LogP contribution in [0.15, 0.2) is 48.0 Å². The van der Waals surface area contributed by atoms with Crippen LogP contribution in [0.1, 0.15) is 22.8 Å². The van der Waals surface area contributed by atoms with Gasteiger partial charge in [0.25, 0.3) is 11.8 Å². The first-order valence-corrected chi connectivity index (χ1v) is 9.82. The molecule has 4 amide bonds. The van der Waals surface area contributed by atoms with Crippen molar-refractivity contribution >= 4 is 35.6 Å². The summed E-state index contributed by atoms with van der Waals surface area (Å²) >= 11 is 0. The van der Waals surface area contributed by atoms with Gasteiger partial charge in [-0.25, -0.2) is 14.5 Å². The Kier molecular flexibility index (Phi) is 7.10. The zero-order valence-electron chi connectivity index (χ0n) is 17.9. The van der Waals surface area contributed by atoms with Gasteiger partial charge >= 0.3 is 12.0 Å². The topological polar surface area (TPSA) is 111 Å². The van der Waals surface area contributed by atoms with E-state index < -0.39 is 23.8 Å². The molecule has 2 aromatic rings. The number of hydrogen-bond acceptors (Lipinski definition) is 7. The van der Waals surface area contributed by atoms with E-state index in [1.807, 2.05) is 0 Å². The third-order valence-corrected chi connectivity index (χ3v) is 4.54. The molecule has 1 aliphatic rings. The molecule has 9 nitrogen and oxygen atoms in total. The number of methoxy groups -OCH3 is 1. The summed E-state index contributed by atoms with van der Waals surface area (Å²) in [5, 5.41) is 2.15. The van der Waals surface area contributed by atoms with Gasteiger partial charge in [0, 0.05) is 0 Å². The molecule has 0 radical (unpaired) electrons. The third-order valence-electron chi connectivity index (χ3n) is 4.54. The first kappa shape index (κ1) is 23.1. The summed E-state index contributed by atoms with van der Waals surface area (Å²) in [5.74, 6) is 0.948. The number of urea groups is 1. The number of ether oxygens (including phenoxy) is 3. The van der Waals surface area contributed by atoms with Crippen molar-refractivity contribution < 1.29 is 33.4 Å². The number of hydrogen-bond donors (Lipinski definition) is 1. The highest BCUT2D eigenvalue weighted by atomic mass is 16.5. The second-order valence-electron chi connectivity index (χ2n) is 6.63. The van der Waals surface area contributed by atoms with E-state index in [0.29, 0.717) is 23.7 Å². The van der Waals surface area contributed by atoms with E-state index in [4.69, 9.17) is 15.9 Å². The van der Waals surface area contributed by atoms with E-state index in [9.17, 15) is 19.2 Å². The van der Waals surface area contributed by atoms with Crippen LogP contribution >= 0.6 is 0 Å². The van der Waals surface area contributed by atoms with Crippen molar-refractivity contribution in [3.05, 3.63) is 59.2 Å². The minimum absolute atomic E-state index is 0.0489. The monoisotopic (exact) mass is 448 g/mol. The first-order chi connectivity index (χ1) is 15.9.